The van der Waals surface area contributed by atoms with E-state index < -0.39 is 5.97 Å². The average Bonchev–Trinajstić information content (AvgIpc) is 2.46. The Morgan fingerprint density at radius 2 is 1.95 bits per heavy atom. The number of aliphatic carboxylic acids is 1. The number of halogens is 1. The molecule has 2 aromatic rings. The smallest absolute Gasteiger partial charge is 0.328 e. The van der Waals surface area contributed by atoms with Gasteiger partial charge in [-0.05, 0) is 30.3 Å². The molecular weight excluding hydrogens is 292 g/mol. The van der Waals surface area contributed by atoms with Crippen LogP contribution in [0.1, 0.15) is 5.56 Å². The van der Waals surface area contributed by atoms with Crippen molar-refractivity contribution >= 4 is 23.6 Å². The fourth-order valence-electron chi connectivity index (χ4n) is 1.69. The summed E-state index contributed by atoms with van der Waals surface area (Å²) in [5.74, 6) is 0.671. The Labute approximate surface area is 127 Å². The van der Waals surface area contributed by atoms with Crippen LogP contribution in [0.4, 0.5) is 0 Å². The molecule has 0 aliphatic heterocycles. The van der Waals surface area contributed by atoms with Crippen molar-refractivity contribution in [1.29, 1.82) is 0 Å². The maximum Gasteiger partial charge on any atom is 0.328 e. The molecule has 2 aromatic carbocycles. The van der Waals surface area contributed by atoms with Crippen LogP contribution in [0.25, 0.3) is 6.08 Å². The van der Waals surface area contributed by atoms with Crippen LogP contribution < -0.4 is 9.47 Å². The molecule has 0 aliphatic rings. The Bertz CT molecular complexity index is 680. The molecule has 5 heteroatoms. The van der Waals surface area contributed by atoms with Crippen molar-refractivity contribution in [2.75, 3.05) is 7.11 Å². The molecule has 0 saturated carbocycles. The summed E-state index contributed by atoms with van der Waals surface area (Å²) in [5, 5.41) is 9.21. The second-order valence-electron chi connectivity index (χ2n) is 4.13. The normalized spacial score (nSPS) is 10.6. The van der Waals surface area contributed by atoms with Crippen molar-refractivity contribution in [2.24, 2.45) is 0 Å². The molecule has 0 heterocycles. The van der Waals surface area contributed by atoms with E-state index in [1.165, 1.54) is 6.08 Å². The molecule has 0 unspecified atom stereocenters. The molecule has 2 rings (SSSR count). The highest BCUT2D eigenvalue weighted by Crippen LogP contribution is 2.30. The first-order valence-corrected chi connectivity index (χ1v) is 6.49. The van der Waals surface area contributed by atoms with Gasteiger partial charge in [0.15, 0.2) is 0 Å². The molecule has 0 spiro atoms. The number of hydrogen-bond acceptors (Lipinski definition) is 3. The van der Waals surface area contributed by atoms with Crippen LogP contribution in [-0.2, 0) is 4.79 Å². The van der Waals surface area contributed by atoms with Crippen molar-refractivity contribution in [3.05, 3.63) is 59.1 Å². The Morgan fingerprint density at radius 3 is 2.67 bits per heavy atom. The van der Waals surface area contributed by atoms with E-state index in [9.17, 15) is 4.79 Å². The number of benzene rings is 2. The minimum absolute atomic E-state index is 0.466. The van der Waals surface area contributed by atoms with Gasteiger partial charge < -0.3 is 14.6 Å². The molecule has 0 fully saturated rings. The quantitative estimate of drug-likeness (QED) is 0.839. The summed E-state index contributed by atoms with van der Waals surface area (Å²) in [6.07, 6.45) is 2.50. The first-order chi connectivity index (χ1) is 10.1. The molecule has 0 bridgehead atoms. The van der Waals surface area contributed by atoms with E-state index in [1.807, 2.05) is 0 Å². The lowest BCUT2D eigenvalue weighted by Crippen LogP contribution is -1.90. The van der Waals surface area contributed by atoms with Crippen LogP contribution in [0.5, 0.6) is 17.2 Å². The van der Waals surface area contributed by atoms with Crippen LogP contribution >= 0.6 is 11.6 Å². The molecule has 0 saturated heterocycles. The Morgan fingerprint density at radius 1 is 1.19 bits per heavy atom. The number of carboxylic acids is 1. The highest BCUT2D eigenvalue weighted by molar-refractivity contribution is 6.30. The molecule has 21 heavy (non-hydrogen) atoms. The van der Waals surface area contributed by atoms with Crippen LogP contribution in [0.2, 0.25) is 5.02 Å². The highest BCUT2D eigenvalue weighted by atomic mass is 35.5. The lowest BCUT2D eigenvalue weighted by Gasteiger charge is -2.10. The summed E-state index contributed by atoms with van der Waals surface area (Å²) >= 11 is 5.96. The fourth-order valence-corrected chi connectivity index (χ4v) is 1.85. The molecule has 108 valence electrons. The topological polar surface area (TPSA) is 55.8 Å². The van der Waals surface area contributed by atoms with E-state index in [2.05, 4.69) is 0 Å². The number of carboxylic acid groups (broad SMARTS) is 1. The van der Waals surface area contributed by atoms with Gasteiger partial charge in [0.1, 0.15) is 17.2 Å². The van der Waals surface area contributed by atoms with Gasteiger partial charge in [-0.25, -0.2) is 4.79 Å². The standard InChI is InChI=1S/C16H13ClO4/c1-20-13-3-2-4-14(10-13)21-15-9-12(17)7-5-11(15)6-8-16(18)19/h2-10H,1H3,(H,18,19)/b8-6+. The molecule has 0 amide bonds. The van der Waals surface area contributed by atoms with Gasteiger partial charge in [0.05, 0.1) is 7.11 Å². The largest absolute Gasteiger partial charge is 0.497 e. The van der Waals surface area contributed by atoms with E-state index >= 15 is 0 Å². The van der Waals surface area contributed by atoms with E-state index in [-0.39, 0.29) is 0 Å². The van der Waals surface area contributed by atoms with E-state index in [0.29, 0.717) is 27.8 Å². The SMILES string of the molecule is COc1cccc(Oc2cc(Cl)ccc2/C=C/C(=O)O)c1. The zero-order valence-electron chi connectivity index (χ0n) is 11.2. The number of ether oxygens (including phenoxy) is 2. The first-order valence-electron chi connectivity index (χ1n) is 6.11. The fraction of sp³-hybridized carbons (Fsp3) is 0.0625. The third-order valence-electron chi connectivity index (χ3n) is 2.65. The van der Waals surface area contributed by atoms with E-state index in [1.54, 1.807) is 49.6 Å². The third kappa shape index (κ3) is 4.26. The van der Waals surface area contributed by atoms with Crippen molar-refractivity contribution < 1.29 is 19.4 Å². The van der Waals surface area contributed by atoms with Gasteiger partial charge >= 0.3 is 5.97 Å². The average molecular weight is 305 g/mol. The van der Waals surface area contributed by atoms with Gasteiger partial charge in [-0.1, -0.05) is 17.7 Å². The van der Waals surface area contributed by atoms with Gasteiger partial charge in [0.25, 0.3) is 0 Å². The lowest BCUT2D eigenvalue weighted by atomic mass is 10.2. The van der Waals surface area contributed by atoms with Crippen LogP contribution in [-0.4, -0.2) is 18.2 Å². The Balaban J connectivity index is 2.33. The van der Waals surface area contributed by atoms with Crippen molar-refractivity contribution in [3.8, 4) is 17.2 Å². The minimum atomic E-state index is -1.03. The van der Waals surface area contributed by atoms with Crippen LogP contribution in [0.15, 0.2) is 48.5 Å². The number of rotatable bonds is 5. The lowest BCUT2D eigenvalue weighted by molar-refractivity contribution is -0.131. The summed E-state index contributed by atoms with van der Waals surface area (Å²) in [6, 6.07) is 12.1. The van der Waals surface area contributed by atoms with Gasteiger partial charge in [0.2, 0.25) is 0 Å². The number of carbonyl (C=O) groups is 1. The summed E-state index contributed by atoms with van der Waals surface area (Å²) in [7, 11) is 1.57. The summed E-state index contributed by atoms with van der Waals surface area (Å²) in [4.78, 5) is 10.6. The molecule has 0 aromatic heterocycles. The van der Waals surface area contributed by atoms with Crippen LogP contribution in [0.3, 0.4) is 0 Å². The minimum Gasteiger partial charge on any atom is -0.497 e. The second kappa shape index (κ2) is 6.81. The first kappa shape index (κ1) is 14.9. The Hall–Kier alpha value is -2.46. The van der Waals surface area contributed by atoms with Crippen molar-refractivity contribution in [3.63, 3.8) is 0 Å². The number of hydrogen-bond donors (Lipinski definition) is 1. The molecular formula is C16H13ClO4. The monoisotopic (exact) mass is 304 g/mol. The summed E-state index contributed by atoms with van der Waals surface area (Å²) < 4.78 is 10.9. The maximum absolute atomic E-state index is 10.6. The summed E-state index contributed by atoms with van der Waals surface area (Å²) in [5.41, 5.74) is 0.615. The predicted octanol–water partition coefficient (Wildman–Crippen LogP) is 4.24. The summed E-state index contributed by atoms with van der Waals surface area (Å²) in [6.45, 7) is 0. The zero-order valence-corrected chi connectivity index (χ0v) is 12.0. The maximum atomic E-state index is 10.6. The van der Waals surface area contributed by atoms with Crippen LogP contribution in [0, 0.1) is 0 Å². The second-order valence-corrected chi connectivity index (χ2v) is 4.57. The van der Waals surface area contributed by atoms with Gasteiger partial charge in [-0.15, -0.1) is 0 Å². The molecule has 4 nitrogen and oxygen atoms in total. The molecule has 1 N–H and O–H groups in total. The van der Waals surface area contributed by atoms with Gasteiger partial charge in [-0.2, -0.15) is 0 Å². The molecule has 0 aliphatic carbocycles. The number of methoxy groups -OCH3 is 1. The van der Waals surface area contributed by atoms with Crippen molar-refractivity contribution in [1.82, 2.24) is 0 Å². The van der Waals surface area contributed by atoms with Crippen molar-refractivity contribution in [2.45, 2.75) is 0 Å². The van der Waals surface area contributed by atoms with E-state index in [0.717, 1.165) is 6.08 Å². The highest BCUT2D eigenvalue weighted by Gasteiger charge is 2.05. The van der Waals surface area contributed by atoms with Gasteiger partial charge in [-0.3, -0.25) is 0 Å². The Kier molecular flexibility index (Phi) is 4.85. The zero-order chi connectivity index (χ0) is 15.2. The van der Waals surface area contributed by atoms with E-state index in [4.69, 9.17) is 26.2 Å². The third-order valence-corrected chi connectivity index (χ3v) is 2.89. The molecule has 0 radical (unpaired) electrons. The van der Waals surface area contributed by atoms with Gasteiger partial charge in [0, 0.05) is 28.8 Å². The predicted molar refractivity (Wildman–Crippen MR) is 81.2 cm³/mol. The molecule has 0 atom stereocenters.